The third-order valence-corrected chi connectivity index (χ3v) is 7.63. The number of fused-ring (bicyclic) bond motifs is 1. The van der Waals surface area contributed by atoms with Crippen molar-refractivity contribution in [1.82, 2.24) is 25.1 Å². The Kier molecular flexibility index (Phi) is 6.61. The highest BCUT2D eigenvalue weighted by Crippen LogP contribution is 2.32. The van der Waals surface area contributed by atoms with E-state index in [9.17, 15) is 13.6 Å². The lowest BCUT2D eigenvalue weighted by Gasteiger charge is -2.21. The van der Waals surface area contributed by atoms with Crippen LogP contribution < -0.4 is 5.32 Å². The SMILES string of the molecule is O=C(Nc1ccc(C2CCCCC2)nc1)c1n[nH]c2ccc(-c3cncc(CN4CCC(F)(F)C4)c3)cc12. The van der Waals surface area contributed by atoms with Crippen molar-refractivity contribution < 1.29 is 13.6 Å². The van der Waals surface area contributed by atoms with E-state index in [1.807, 2.05) is 36.4 Å². The molecule has 0 spiro atoms. The van der Waals surface area contributed by atoms with E-state index in [0.29, 0.717) is 35.8 Å². The number of anilines is 1. The maximum atomic E-state index is 13.6. The second-order valence-corrected chi connectivity index (χ2v) is 10.5. The number of carbonyl (C=O) groups excluding carboxylic acids is 1. The quantitative estimate of drug-likeness (QED) is 0.321. The number of halogens is 2. The molecule has 0 bridgehead atoms. The summed E-state index contributed by atoms with van der Waals surface area (Å²) in [5, 5.41) is 10.8. The van der Waals surface area contributed by atoms with Crippen molar-refractivity contribution in [2.75, 3.05) is 18.4 Å². The molecule has 4 aromatic rings. The van der Waals surface area contributed by atoms with Crippen molar-refractivity contribution in [3.8, 4) is 11.1 Å². The standard InChI is InChI=1S/C29H30F2N6O/c30-29(31)10-11-37(18-29)17-19-12-22(15-32-14-19)21-6-8-26-24(13-21)27(36-35-26)28(38)34-23-7-9-25(33-16-23)20-4-2-1-3-5-20/h6-9,12-16,20H,1-5,10-11,17-18H2,(H,34,38)(H,35,36). The average Bonchev–Trinajstić information content (AvgIpc) is 3.51. The Labute approximate surface area is 219 Å². The molecule has 9 heteroatoms. The molecule has 1 amide bonds. The molecule has 1 aliphatic carbocycles. The molecule has 3 aromatic heterocycles. The second-order valence-electron chi connectivity index (χ2n) is 10.5. The predicted octanol–water partition coefficient (Wildman–Crippen LogP) is 6.16. The zero-order valence-electron chi connectivity index (χ0n) is 21.1. The van der Waals surface area contributed by atoms with Crippen molar-refractivity contribution in [3.63, 3.8) is 0 Å². The molecule has 4 heterocycles. The number of H-pyrrole nitrogens is 1. The zero-order valence-corrected chi connectivity index (χ0v) is 21.1. The number of hydrogen-bond donors (Lipinski definition) is 2. The van der Waals surface area contributed by atoms with E-state index in [4.69, 9.17) is 0 Å². The summed E-state index contributed by atoms with van der Waals surface area (Å²) in [7, 11) is 0. The van der Waals surface area contributed by atoms with E-state index in [-0.39, 0.29) is 18.9 Å². The van der Waals surface area contributed by atoms with E-state index in [1.54, 1.807) is 23.5 Å². The van der Waals surface area contributed by atoms with E-state index in [0.717, 1.165) is 27.9 Å². The summed E-state index contributed by atoms with van der Waals surface area (Å²) in [6.07, 6.45) is 11.2. The van der Waals surface area contributed by atoms with E-state index < -0.39 is 5.92 Å². The van der Waals surface area contributed by atoms with E-state index >= 15 is 0 Å². The number of aromatic amines is 1. The first-order chi connectivity index (χ1) is 18.4. The highest BCUT2D eigenvalue weighted by molar-refractivity contribution is 6.11. The minimum Gasteiger partial charge on any atom is -0.319 e. The third-order valence-electron chi connectivity index (χ3n) is 7.63. The van der Waals surface area contributed by atoms with Gasteiger partial charge >= 0.3 is 0 Å². The maximum Gasteiger partial charge on any atom is 0.276 e. The second kappa shape index (κ2) is 10.2. The molecule has 1 aliphatic heterocycles. The van der Waals surface area contributed by atoms with Gasteiger partial charge in [0, 0.05) is 54.5 Å². The third kappa shape index (κ3) is 5.29. The number of likely N-dealkylation sites (tertiary alicyclic amines) is 1. The number of nitrogens with one attached hydrogen (secondary N) is 2. The molecule has 2 fully saturated rings. The lowest BCUT2D eigenvalue weighted by Crippen LogP contribution is -2.24. The summed E-state index contributed by atoms with van der Waals surface area (Å²) >= 11 is 0. The van der Waals surface area contributed by atoms with Gasteiger partial charge < -0.3 is 5.32 Å². The van der Waals surface area contributed by atoms with Gasteiger partial charge in [-0.25, -0.2) is 8.78 Å². The van der Waals surface area contributed by atoms with Gasteiger partial charge in [0.15, 0.2) is 5.69 Å². The first kappa shape index (κ1) is 24.6. The van der Waals surface area contributed by atoms with E-state index in [1.165, 1.54) is 32.1 Å². The summed E-state index contributed by atoms with van der Waals surface area (Å²) in [6, 6.07) is 11.6. The molecule has 0 unspecified atom stereocenters. The Morgan fingerprint density at radius 1 is 1.05 bits per heavy atom. The Hall–Kier alpha value is -3.72. The monoisotopic (exact) mass is 516 g/mol. The summed E-state index contributed by atoms with van der Waals surface area (Å²) in [5.41, 5.74) is 5.35. The predicted molar refractivity (Wildman–Crippen MR) is 142 cm³/mol. The molecule has 0 atom stereocenters. The number of aromatic nitrogens is 4. The number of carbonyl (C=O) groups is 1. The normalized spacial score (nSPS) is 18.2. The summed E-state index contributed by atoms with van der Waals surface area (Å²) < 4.78 is 27.2. The van der Waals surface area contributed by atoms with Gasteiger partial charge in [-0.1, -0.05) is 25.3 Å². The molecular weight excluding hydrogens is 486 g/mol. The van der Waals surface area contributed by atoms with Crippen molar-refractivity contribution in [3.05, 3.63) is 71.9 Å². The number of hydrogen-bond acceptors (Lipinski definition) is 5. The minimum absolute atomic E-state index is 0.108. The van der Waals surface area contributed by atoms with Crippen LogP contribution in [0.4, 0.5) is 14.5 Å². The fourth-order valence-corrected chi connectivity index (χ4v) is 5.61. The highest BCUT2D eigenvalue weighted by Gasteiger charge is 2.37. The van der Waals surface area contributed by atoms with Crippen LogP contribution in [0.15, 0.2) is 55.0 Å². The summed E-state index contributed by atoms with van der Waals surface area (Å²) in [4.78, 5) is 23.8. The van der Waals surface area contributed by atoms with Crippen molar-refractivity contribution in [2.24, 2.45) is 0 Å². The molecule has 7 nitrogen and oxygen atoms in total. The van der Waals surface area contributed by atoms with Gasteiger partial charge in [0.25, 0.3) is 11.8 Å². The van der Waals surface area contributed by atoms with Crippen LogP contribution in [0.1, 0.15) is 66.2 Å². The Bertz CT molecular complexity index is 1450. The number of pyridine rings is 2. The van der Waals surface area contributed by atoms with Crippen LogP contribution in [0.3, 0.4) is 0 Å². The van der Waals surface area contributed by atoms with Crippen LogP contribution in [-0.4, -0.2) is 50.0 Å². The van der Waals surface area contributed by atoms with E-state index in [2.05, 4.69) is 25.5 Å². The molecule has 0 radical (unpaired) electrons. The molecule has 6 rings (SSSR count). The van der Waals surface area contributed by atoms with Crippen molar-refractivity contribution >= 4 is 22.5 Å². The van der Waals surface area contributed by atoms with Crippen LogP contribution in [-0.2, 0) is 6.54 Å². The lowest BCUT2D eigenvalue weighted by atomic mass is 9.87. The first-order valence-electron chi connectivity index (χ1n) is 13.2. The zero-order chi connectivity index (χ0) is 26.1. The number of benzene rings is 1. The molecule has 196 valence electrons. The smallest absolute Gasteiger partial charge is 0.276 e. The van der Waals surface area contributed by atoms with Gasteiger partial charge in [-0.2, -0.15) is 5.10 Å². The van der Waals surface area contributed by atoms with Crippen LogP contribution in [0, 0.1) is 0 Å². The van der Waals surface area contributed by atoms with Crippen LogP contribution in [0.25, 0.3) is 22.0 Å². The Morgan fingerprint density at radius 2 is 1.92 bits per heavy atom. The van der Waals surface area contributed by atoms with Gasteiger partial charge in [0.2, 0.25) is 0 Å². The molecule has 1 saturated carbocycles. The number of nitrogens with zero attached hydrogens (tertiary/aromatic N) is 4. The van der Waals surface area contributed by atoms with Gasteiger partial charge in [-0.3, -0.25) is 24.8 Å². The van der Waals surface area contributed by atoms with Crippen molar-refractivity contribution in [1.29, 1.82) is 0 Å². The highest BCUT2D eigenvalue weighted by atomic mass is 19.3. The largest absolute Gasteiger partial charge is 0.319 e. The fraction of sp³-hybridized carbons (Fsp3) is 0.379. The molecule has 38 heavy (non-hydrogen) atoms. The van der Waals surface area contributed by atoms with Gasteiger partial charge in [0.1, 0.15) is 0 Å². The first-order valence-corrected chi connectivity index (χ1v) is 13.2. The summed E-state index contributed by atoms with van der Waals surface area (Å²) in [6.45, 7) is 0.566. The number of amides is 1. The fourth-order valence-electron chi connectivity index (χ4n) is 5.61. The van der Waals surface area contributed by atoms with Crippen LogP contribution >= 0.6 is 0 Å². The molecule has 1 aromatic carbocycles. The summed E-state index contributed by atoms with van der Waals surface area (Å²) in [5.74, 6) is -2.43. The van der Waals surface area contributed by atoms with Crippen LogP contribution in [0.5, 0.6) is 0 Å². The molecule has 1 saturated heterocycles. The number of rotatable bonds is 6. The lowest BCUT2D eigenvalue weighted by molar-refractivity contribution is 0.0115. The number of alkyl halides is 2. The van der Waals surface area contributed by atoms with Gasteiger partial charge in [-0.15, -0.1) is 0 Å². The van der Waals surface area contributed by atoms with Gasteiger partial charge in [-0.05, 0) is 54.3 Å². The van der Waals surface area contributed by atoms with Gasteiger partial charge in [0.05, 0.1) is 23.9 Å². The van der Waals surface area contributed by atoms with Crippen molar-refractivity contribution in [2.45, 2.75) is 56.9 Å². The molecule has 2 N–H and O–H groups in total. The Balaban J connectivity index is 1.19. The topological polar surface area (TPSA) is 86.8 Å². The average molecular weight is 517 g/mol. The Morgan fingerprint density at radius 3 is 2.68 bits per heavy atom. The van der Waals surface area contributed by atoms with Crippen LogP contribution in [0.2, 0.25) is 0 Å². The molecular formula is C29H30F2N6O. The minimum atomic E-state index is -2.62. The molecule has 2 aliphatic rings. The maximum absolute atomic E-state index is 13.6.